The van der Waals surface area contributed by atoms with E-state index < -0.39 is 33.9 Å². The van der Waals surface area contributed by atoms with Gasteiger partial charge in [0.1, 0.15) is 4.75 Å². The molecule has 2 N–H and O–H groups in total. The van der Waals surface area contributed by atoms with Gasteiger partial charge in [-0.1, -0.05) is 13.8 Å². The zero-order valence-electron chi connectivity index (χ0n) is 17.3. The van der Waals surface area contributed by atoms with Crippen LogP contribution in [0.15, 0.2) is 18.2 Å². The fourth-order valence-corrected chi connectivity index (χ4v) is 4.05. The van der Waals surface area contributed by atoms with Crippen LogP contribution in [0.4, 0.5) is 18.9 Å². The topological polar surface area (TPSA) is 50.4 Å². The van der Waals surface area contributed by atoms with Crippen molar-refractivity contribution in [3.05, 3.63) is 29.3 Å². The molecule has 1 aromatic carbocycles. The normalized spacial score (nSPS) is 18.4. The van der Waals surface area contributed by atoms with Crippen LogP contribution in [0.25, 0.3) is 0 Å². The molecule has 0 spiro atoms. The van der Waals surface area contributed by atoms with E-state index in [0.717, 1.165) is 37.9 Å². The van der Waals surface area contributed by atoms with Crippen molar-refractivity contribution in [2.75, 3.05) is 31.1 Å². The molecular formula is C20H32F3N3OS. The Morgan fingerprint density at radius 3 is 2.29 bits per heavy atom. The van der Waals surface area contributed by atoms with Crippen molar-refractivity contribution in [1.82, 2.24) is 10.0 Å². The number of alkyl halides is 3. The Hall–Kier alpha value is -0.960. The first-order chi connectivity index (χ1) is 12.9. The predicted molar refractivity (Wildman–Crippen MR) is 110 cm³/mol. The quantitative estimate of drug-likeness (QED) is 0.677. The van der Waals surface area contributed by atoms with Gasteiger partial charge in [-0.05, 0) is 56.9 Å². The molecule has 1 aliphatic heterocycles. The first-order valence-corrected chi connectivity index (χ1v) is 10.9. The summed E-state index contributed by atoms with van der Waals surface area (Å²) in [7, 11) is 0. The zero-order chi connectivity index (χ0) is 21.1. The van der Waals surface area contributed by atoms with Crippen LogP contribution in [-0.4, -0.2) is 35.5 Å². The molecule has 0 bridgehead atoms. The molecule has 8 heteroatoms. The second-order valence-corrected chi connectivity index (χ2v) is 10.7. The van der Waals surface area contributed by atoms with Crippen LogP contribution in [-0.2, 0) is 17.5 Å². The second-order valence-electron chi connectivity index (χ2n) is 8.69. The van der Waals surface area contributed by atoms with Gasteiger partial charge in [-0.2, -0.15) is 13.2 Å². The molecule has 4 nitrogen and oxygen atoms in total. The van der Waals surface area contributed by atoms with Crippen LogP contribution in [0.5, 0.6) is 0 Å². The van der Waals surface area contributed by atoms with Crippen molar-refractivity contribution < 1.29 is 17.7 Å². The Labute approximate surface area is 169 Å². The number of halogens is 3. The number of hydrogen-bond acceptors (Lipinski definition) is 4. The van der Waals surface area contributed by atoms with Gasteiger partial charge in [-0.15, -0.1) is 4.72 Å². The number of nitrogens with one attached hydrogen (secondary N) is 2. The standard InChI is InChI=1S/C20H32F3N3OS/c1-14(2)12-17(25-28(27)19(3,4)5)16-13-15(20(21,22)23)6-7-18(16)26-10-8-24-9-11-26/h6-7,13-14,17,24-25H,8-12H2,1-5H3/t17-,28?/m0/s1. The highest BCUT2D eigenvalue weighted by atomic mass is 32.2. The molecule has 0 aromatic heterocycles. The third kappa shape index (κ3) is 6.27. The van der Waals surface area contributed by atoms with E-state index in [-0.39, 0.29) is 5.92 Å². The fourth-order valence-electron chi connectivity index (χ4n) is 3.22. The molecule has 1 saturated heterocycles. The number of benzene rings is 1. The van der Waals surface area contributed by atoms with Gasteiger partial charge in [-0.25, -0.2) is 0 Å². The number of hydrogen-bond donors (Lipinski definition) is 2. The van der Waals surface area contributed by atoms with Gasteiger partial charge in [0.25, 0.3) is 0 Å². The molecule has 0 saturated carbocycles. The highest BCUT2D eigenvalue weighted by Gasteiger charge is 2.35. The Kier molecular flexibility index (Phi) is 7.69. The van der Waals surface area contributed by atoms with Gasteiger partial charge < -0.3 is 14.8 Å². The number of rotatable bonds is 6. The maximum atomic E-state index is 13.4. The van der Waals surface area contributed by atoms with Gasteiger partial charge >= 0.3 is 6.18 Å². The first kappa shape index (κ1) is 23.3. The average molecular weight is 420 g/mol. The van der Waals surface area contributed by atoms with Gasteiger partial charge in [-0.3, -0.25) is 0 Å². The SMILES string of the molecule is CC(C)C[C@H](N[S+]([O-])C(C)(C)C)c1cc(C(F)(F)F)ccc1N1CCNCC1. The average Bonchev–Trinajstić information content (AvgIpc) is 2.59. The van der Waals surface area contributed by atoms with Crippen molar-refractivity contribution in [3.8, 4) is 0 Å². The lowest BCUT2D eigenvalue weighted by Gasteiger charge is -2.35. The summed E-state index contributed by atoms with van der Waals surface area (Å²) < 4.78 is 55.6. The van der Waals surface area contributed by atoms with Crippen LogP contribution < -0.4 is 14.9 Å². The molecular weight excluding hydrogens is 387 g/mol. The van der Waals surface area contributed by atoms with E-state index in [1.54, 1.807) is 6.07 Å². The minimum Gasteiger partial charge on any atom is -0.598 e. The smallest absolute Gasteiger partial charge is 0.416 e. The van der Waals surface area contributed by atoms with Gasteiger partial charge in [0, 0.05) is 43.2 Å². The summed E-state index contributed by atoms with van der Waals surface area (Å²) in [5, 5.41) is 3.27. The Morgan fingerprint density at radius 2 is 1.79 bits per heavy atom. The highest BCUT2D eigenvalue weighted by molar-refractivity contribution is 7.90. The maximum Gasteiger partial charge on any atom is 0.416 e. The molecule has 1 aliphatic rings. The van der Waals surface area contributed by atoms with E-state index >= 15 is 0 Å². The monoisotopic (exact) mass is 419 g/mol. The summed E-state index contributed by atoms with van der Waals surface area (Å²) in [5.74, 6) is 0.236. The molecule has 0 amide bonds. The fraction of sp³-hybridized carbons (Fsp3) is 0.700. The Bertz CT molecular complexity index is 641. The summed E-state index contributed by atoms with van der Waals surface area (Å²) in [5.41, 5.74) is 0.695. The molecule has 0 aliphatic carbocycles. The molecule has 0 radical (unpaired) electrons. The van der Waals surface area contributed by atoms with Crippen LogP contribution in [0.3, 0.4) is 0 Å². The maximum absolute atomic E-state index is 13.4. The summed E-state index contributed by atoms with van der Waals surface area (Å²) in [6.07, 6.45) is -3.81. The zero-order valence-corrected chi connectivity index (χ0v) is 18.1. The molecule has 1 unspecified atom stereocenters. The number of anilines is 1. The third-order valence-corrected chi connectivity index (χ3v) is 6.31. The van der Waals surface area contributed by atoms with Crippen molar-refractivity contribution in [1.29, 1.82) is 0 Å². The molecule has 1 fully saturated rings. The van der Waals surface area contributed by atoms with Crippen molar-refractivity contribution in [3.63, 3.8) is 0 Å². The van der Waals surface area contributed by atoms with E-state index in [2.05, 4.69) is 14.9 Å². The highest BCUT2D eigenvalue weighted by Crippen LogP contribution is 2.38. The van der Waals surface area contributed by atoms with E-state index in [9.17, 15) is 17.7 Å². The first-order valence-electron chi connectivity index (χ1n) is 9.74. The molecule has 160 valence electrons. The van der Waals surface area contributed by atoms with Gasteiger partial charge in [0.2, 0.25) is 0 Å². The minimum atomic E-state index is -4.41. The number of nitrogens with zero attached hydrogens (tertiary/aromatic N) is 1. The largest absolute Gasteiger partial charge is 0.598 e. The second kappa shape index (κ2) is 9.24. The third-order valence-electron chi connectivity index (χ3n) is 4.70. The lowest BCUT2D eigenvalue weighted by Crippen LogP contribution is -2.45. The van der Waals surface area contributed by atoms with Crippen molar-refractivity contribution in [2.45, 2.75) is 58.0 Å². The van der Waals surface area contributed by atoms with Gasteiger partial charge in [0.15, 0.2) is 0 Å². The van der Waals surface area contributed by atoms with Crippen LogP contribution in [0.2, 0.25) is 0 Å². The molecule has 1 aromatic rings. The summed E-state index contributed by atoms with van der Waals surface area (Å²) >= 11 is -1.39. The molecule has 1 heterocycles. The van der Waals surface area contributed by atoms with Crippen molar-refractivity contribution >= 4 is 17.0 Å². The van der Waals surface area contributed by atoms with E-state index in [4.69, 9.17) is 0 Å². The molecule has 28 heavy (non-hydrogen) atoms. The van der Waals surface area contributed by atoms with Crippen LogP contribution in [0, 0.1) is 5.92 Å². The lowest BCUT2D eigenvalue weighted by atomic mass is 9.94. The van der Waals surface area contributed by atoms with Gasteiger partial charge in [0.05, 0.1) is 11.6 Å². The van der Waals surface area contributed by atoms with Crippen molar-refractivity contribution in [2.24, 2.45) is 5.92 Å². The predicted octanol–water partition coefficient (Wildman–Crippen LogP) is 4.25. The molecule has 2 rings (SSSR count). The van der Waals surface area contributed by atoms with E-state index in [0.29, 0.717) is 12.0 Å². The molecule has 2 atom stereocenters. The van der Waals surface area contributed by atoms with E-state index in [1.807, 2.05) is 34.6 Å². The van der Waals surface area contributed by atoms with Crippen LogP contribution in [0.1, 0.15) is 58.2 Å². The summed E-state index contributed by atoms with van der Waals surface area (Å²) in [4.78, 5) is 2.11. The van der Waals surface area contributed by atoms with Crippen LogP contribution >= 0.6 is 0 Å². The minimum absolute atomic E-state index is 0.236. The summed E-state index contributed by atoms with van der Waals surface area (Å²) in [6, 6.07) is 3.52. The Morgan fingerprint density at radius 1 is 1.18 bits per heavy atom. The lowest BCUT2D eigenvalue weighted by molar-refractivity contribution is -0.137. The number of piperazine rings is 1. The van der Waals surface area contributed by atoms with E-state index in [1.165, 1.54) is 6.07 Å². The summed E-state index contributed by atoms with van der Waals surface area (Å²) in [6.45, 7) is 12.6. The Balaban J connectivity index is 2.49.